The minimum Gasteiger partial charge on any atom is -0.494 e. The van der Waals surface area contributed by atoms with E-state index in [1.807, 2.05) is 63.2 Å². The molecule has 1 atom stereocenters. The Bertz CT molecular complexity index is 802. The van der Waals surface area contributed by atoms with Crippen molar-refractivity contribution in [2.45, 2.75) is 52.6 Å². The normalized spacial score (nSPS) is 11.6. The summed E-state index contributed by atoms with van der Waals surface area (Å²) in [4.78, 5) is 27.1. The fraction of sp³-hybridized carbons (Fsp3) is 0.417. The quantitative estimate of drug-likeness (QED) is 0.617. The summed E-state index contributed by atoms with van der Waals surface area (Å²) in [7, 11) is 1.61. The molecular formula is C24H32N2O3. The van der Waals surface area contributed by atoms with Crippen molar-refractivity contribution < 1.29 is 14.3 Å². The molecule has 5 heteroatoms. The molecule has 0 saturated carbocycles. The number of carbonyl (C=O) groups is 2. The van der Waals surface area contributed by atoms with Crippen molar-refractivity contribution in [3.63, 3.8) is 0 Å². The van der Waals surface area contributed by atoms with Gasteiger partial charge in [-0.05, 0) is 44.4 Å². The maximum absolute atomic E-state index is 13.0. The molecule has 0 unspecified atom stereocenters. The van der Waals surface area contributed by atoms with Crippen molar-refractivity contribution in [3.8, 4) is 5.75 Å². The Labute approximate surface area is 174 Å². The van der Waals surface area contributed by atoms with Crippen LogP contribution in [0.4, 0.5) is 0 Å². The fourth-order valence-corrected chi connectivity index (χ4v) is 3.28. The number of hydrogen-bond donors (Lipinski definition) is 1. The van der Waals surface area contributed by atoms with Gasteiger partial charge in [-0.2, -0.15) is 0 Å². The molecule has 0 spiro atoms. The van der Waals surface area contributed by atoms with Gasteiger partial charge < -0.3 is 15.0 Å². The van der Waals surface area contributed by atoms with Crippen molar-refractivity contribution in [1.82, 2.24) is 10.2 Å². The Kier molecular flexibility index (Phi) is 8.71. The molecule has 2 rings (SSSR count). The van der Waals surface area contributed by atoms with E-state index in [0.29, 0.717) is 32.4 Å². The van der Waals surface area contributed by atoms with Crippen molar-refractivity contribution in [2.75, 3.05) is 13.7 Å². The van der Waals surface area contributed by atoms with Gasteiger partial charge in [0.05, 0.1) is 6.61 Å². The van der Waals surface area contributed by atoms with Gasteiger partial charge in [0, 0.05) is 20.0 Å². The van der Waals surface area contributed by atoms with Gasteiger partial charge in [0.1, 0.15) is 11.8 Å². The van der Waals surface area contributed by atoms with E-state index in [1.165, 1.54) is 5.56 Å². The molecule has 0 bridgehead atoms. The smallest absolute Gasteiger partial charge is 0.242 e. The maximum atomic E-state index is 13.0. The fourth-order valence-electron chi connectivity index (χ4n) is 3.28. The second-order valence-corrected chi connectivity index (χ2v) is 7.31. The summed E-state index contributed by atoms with van der Waals surface area (Å²) in [6, 6.07) is 15.4. The summed E-state index contributed by atoms with van der Waals surface area (Å²) < 4.78 is 5.73. The lowest BCUT2D eigenvalue weighted by molar-refractivity contribution is -0.141. The molecule has 0 fully saturated rings. The molecule has 0 radical (unpaired) electrons. The minimum absolute atomic E-state index is 0.0329. The number of rotatable bonds is 10. The third-order valence-corrected chi connectivity index (χ3v) is 4.89. The highest BCUT2D eigenvalue weighted by molar-refractivity contribution is 5.87. The minimum atomic E-state index is -0.481. The van der Waals surface area contributed by atoms with Crippen LogP contribution in [0, 0.1) is 13.8 Å². The zero-order chi connectivity index (χ0) is 21.2. The Morgan fingerprint density at radius 2 is 1.79 bits per heavy atom. The molecule has 1 N–H and O–H groups in total. The van der Waals surface area contributed by atoms with E-state index < -0.39 is 6.04 Å². The van der Waals surface area contributed by atoms with Gasteiger partial charge in [-0.25, -0.2) is 0 Å². The number of nitrogens with one attached hydrogen (secondary N) is 1. The first kappa shape index (κ1) is 22.5. The monoisotopic (exact) mass is 396 g/mol. The lowest BCUT2D eigenvalue weighted by Gasteiger charge is -2.30. The van der Waals surface area contributed by atoms with E-state index in [4.69, 9.17) is 4.74 Å². The van der Waals surface area contributed by atoms with Crippen molar-refractivity contribution >= 4 is 11.8 Å². The van der Waals surface area contributed by atoms with Crippen LogP contribution in [0.15, 0.2) is 48.5 Å². The molecule has 0 saturated heterocycles. The first-order valence-corrected chi connectivity index (χ1v) is 10.2. The van der Waals surface area contributed by atoms with Gasteiger partial charge in [-0.1, -0.05) is 54.4 Å². The Balaban J connectivity index is 2.00. The molecular weight excluding hydrogens is 364 g/mol. The molecule has 2 aromatic rings. The van der Waals surface area contributed by atoms with Crippen molar-refractivity contribution in [1.29, 1.82) is 0 Å². The average molecular weight is 397 g/mol. The average Bonchev–Trinajstić information content (AvgIpc) is 2.72. The van der Waals surface area contributed by atoms with Gasteiger partial charge in [-0.3, -0.25) is 9.59 Å². The molecule has 0 heterocycles. The zero-order valence-corrected chi connectivity index (χ0v) is 17.9. The number of hydrogen-bond acceptors (Lipinski definition) is 3. The second kappa shape index (κ2) is 11.2. The highest BCUT2D eigenvalue weighted by atomic mass is 16.5. The van der Waals surface area contributed by atoms with Gasteiger partial charge in [-0.15, -0.1) is 0 Å². The third kappa shape index (κ3) is 6.93. The largest absolute Gasteiger partial charge is 0.494 e. The lowest BCUT2D eigenvalue weighted by Crippen LogP contribution is -2.48. The number of likely N-dealkylation sites (N-methyl/N-ethyl adjacent to an activating group) is 1. The SMILES string of the molecule is CC[C@H](C(=O)NC)N(Cc1cccc(C)c1)C(=O)CCCOc1ccc(C)cc1. The molecule has 156 valence electrons. The molecule has 0 aromatic heterocycles. The highest BCUT2D eigenvalue weighted by Gasteiger charge is 2.27. The predicted octanol–water partition coefficient (Wildman–Crippen LogP) is 4.02. The Morgan fingerprint density at radius 3 is 2.41 bits per heavy atom. The van der Waals surface area contributed by atoms with Gasteiger partial charge in [0.25, 0.3) is 0 Å². The molecule has 0 aliphatic heterocycles. The molecule has 0 aliphatic carbocycles. The number of aryl methyl sites for hydroxylation is 2. The maximum Gasteiger partial charge on any atom is 0.242 e. The molecule has 2 aromatic carbocycles. The Hall–Kier alpha value is -2.82. The number of nitrogens with zero attached hydrogens (tertiary/aromatic N) is 1. The van der Waals surface area contributed by atoms with Crippen LogP contribution in [0.3, 0.4) is 0 Å². The lowest BCUT2D eigenvalue weighted by atomic mass is 10.1. The first-order chi connectivity index (χ1) is 13.9. The summed E-state index contributed by atoms with van der Waals surface area (Å²) in [5.74, 6) is 0.635. The molecule has 29 heavy (non-hydrogen) atoms. The van der Waals surface area contributed by atoms with Gasteiger partial charge in [0.2, 0.25) is 11.8 Å². The summed E-state index contributed by atoms with van der Waals surface area (Å²) in [5, 5.41) is 2.68. The zero-order valence-electron chi connectivity index (χ0n) is 17.9. The number of carbonyl (C=O) groups excluding carboxylic acids is 2. The van der Waals surface area contributed by atoms with Gasteiger partial charge in [0.15, 0.2) is 0 Å². The number of benzene rings is 2. The highest BCUT2D eigenvalue weighted by Crippen LogP contribution is 2.16. The van der Waals surface area contributed by atoms with E-state index >= 15 is 0 Å². The second-order valence-electron chi connectivity index (χ2n) is 7.31. The van der Waals surface area contributed by atoms with Crippen LogP contribution in [0.2, 0.25) is 0 Å². The van der Waals surface area contributed by atoms with Crippen LogP contribution in [-0.4, -0.2) is 36.4 Å². The van der Waals surface area contributed by atoms with E-state index in [-0.39, 0.29) is 11.8 Å². The van der Waals surface area contributed by atoms with Crippen LogP contribution in [-0.2, 0) is 16.1 Å². The van der Waals surface area contributed by atoms with E-state index in [2.05, 4.69) is 11.4 Å². The number of amides is 2. The van der Waals surface area contributed by atoms with E-state index in [9.17, 15) is 9.59 Å². The topological polar surface area (TPSA) is 58.6 Å². The van der Waals surface area contributed by atoms with Gasteiger partial charge >= 0.3 is 0 Å². The van der Waals surface area contributed by atoms with Crippen molar-refractivity contribution in [2.24, 2.45) is 0 Å². The summed E-state index contributed by atoms with van der Waals surface area (Å²) >= 11 is 0. The third-order valence-electron chi connectivity index (χ3n) is 4.89. The summed E-state index contributed by atoms with van der Waals surface area (Å²) in [5.41, 5.74) is 3.34. The first-order valence-electron chi connectivity index (χ1n) is 10.2. The summed E-state index contributed by atoms with van der Waals surface area (Å²) in [6.45, 7) is 6.86. The Morgan fingerprint density at radius 1 is 1.07 bits per heavy atom. The van der Waals surface area contributed by atoms with Crippen LogP contribution >= 0.6 is 0 Å². The van der Waals surface area contributed by atoms with Crippen LogP contribution in [0.5, 0.6) is 5.75 Å². The summed E-state index contributed by atoms with van der Waals surface area (Å²) in [6.07, 6.45) is 1.50. The molecule has 2 amide bonds. The van der Waals surface area contributed by atoms with E-state index in [0.717, 1.165) is 16.9 Å². The van der Waals surface area contributed by atoms with Crippen LogP contribution in [0.25, 0.3) is 0 Å². The predicted molar refractivity (Wildman–Crippen MR) is 116 cm³/mol. The van der Waals surface area contributed by atoms with Crippen LogP contribution in [0.1, 0.15) is 42.9 Å². The van der Waals surface area contributed by atoms with Crippen LogP contribution < -0.4 is 10.1 Å². The van der Waals surface area contributed by atoms with Crippen molar-refractivity contribution in [3.05, 3.63) is 65.2 Å². The molecule has 5 nitrogen and oxygen atoms in total. The standard InChI is InChI=1S/C24H32N2O3/c1-5-22(24(28)25-4)26(17-20-9-6-8-19(3)16-20)23(27)10-7-15-29-21-13-11-18(2)12-14-21/h6,8-9,11-14,16,22H,5,7,10,15,17H2,1-4H3,(H,25,28)/t22-/m1/s1. The molecule has 0 aliphatic rings. The van der Waals surface area contributed by atoms with E-state index in [1.54, 1.807) is 11.9 Å². The number of ether oxygens (including phenoxy) is 1.